The van der Waals surface area contributed by atoms with Gasteiger partial charge in [0.1, 0.15) is 11.5 Å². The Morgan fingerprint density at radius 3 is 2.40 bits per heavy atom. The van der Waals surface area contributed by atoms with Crippen LogP contribution in [0.3, 0.4) is 0 Å². The Labute approximate surface area is 232 Å². The molecule has 4 heterocycles. The molecule has 3 amide bonds. The van der Waals surface area contributed by atoms with Gasteiger partial charge in [-0.1, -0.05) is 0 Å². The van der Waals surface area contributed by atoms with Crippen molar-refractivity contribution in [1.82, 2.24) is 10.2 Å². The number of aryl methyl sites for hydroxylation is 1. The van der Waals surface area contributed by atoms with Crippen molar-refractivity contribution < 1.29 is 23.5 Å². The number of benzene rings is 2. The fourth-order valence-electron chi connectivity index (χ4n) is 5.96. The molecule has 0 radical (unpaired) electrons. The Morgan fingerprint density at radius 1 is 0.950 bits per heavy atom. The summed E-state index contributed by atoms with van der Waals surface area (Å²) in [5.74, 6) is 0.316. The van der Waals surface area contributed by atoms with E-state index in [0.29, 0.717) is 25.1 Å². The van der Waals surface area contributed by atoms with Gasteiger partial charge >= 0.3 is 11.8 Å². The minimum Gasteiger partial charge on any atom is -0.497 e. The van der Waals surface area contributed by atoms with E-state index < -0.39 is 11.8 Å². The molecule has 10 heteroatoms. The van der Waals surface area contributed by atoms with Gasteiger partial charge in [0.2, 0.25) is 5.91 Å². The quantitative estimate of drug-likeness (QED) is 0.442. The molecule has 10 nitrogen and oxygen atoms in total. The number of nitrogens with one attached hydrogen (secondary N) is 2. The van der Waals surface area contributed by atoms with Crippen molar-refractivity contribution >= 4 is 34.8 Å². The van der Waals surface area contributed by atoms with E-state index in [4.69, 9.17) is 9.15 Å². The van der Waals surface area contributed by atoms with E-state index >= 15 is 0 Å². The van der Waals surface area contributed by atoms with Crippen LogP contribution in [0.1, 0.15) is 29.3 Å². The minimum absolute atomic E-state index is 0.149. The van der Waals surface area contributed by atoms with Crippen LogP contribution in [0.4, 0.5) is 17.1 Å². The van der Waals surface area contributed by atoms with Crippen LogP contribution in [0.15, 0.2) is 59.2 Å². The number of hydrogen-bond donors (Lipinski definition) is 2. The number of rotatable bonds is 7. The molecule has 1 aromatic heterocycles. The molecule has 1 saturated heterocycles. The van der Waals surface area contributed by atoms with Gasteiger partial charge in [-0.05, 0) is 72.5 Å². The summed E-state index contributed by atoms with van der Waals surface area (Å²) in [6.07, 6.45) is 3.48. The highest BCUT2D eigenvalue weighted by Crippen LogP contribution is 2.38. The van der Waals surface area contributed by atoms with Crippen molar-refractivity contribution in [1.29, 1.82) is 0 Å². The van der Waals surface area contributed by atoms with E-state index in [2.05, 4.69) is 32.6 Å². The topological polar surface area (TPSA) is 107 Å². The molecule has 0 bridgehead atoms. The van der Waals surface area contributed by atoms with Gasteiger partial charge in [0.15, 0.2) is 0 Å². The number of anilines is 3. The molecule has 0 spiro atoms. The predicted octanol–water partition coefficient (Wildman–Crippen LogP) is 2.74. The maximum Gasteiger partial charge on any atom is 0.313 e. The number of methoxy groups -OCH3 is 1. The molecule has 208 valence electrons. The SMILES string of the molecule is COc1ccc(N2CCN(C(CNC(=O)C(=O)Nc3cc4c5c(c3)CCN5C(=O)CC4)c3ccco3)CC2)cc1. The molecule has 2 aromatic carbocycles. The molecular formula is C30H33N5O5. The van der Waals surface area contributed by atoms with E-state index in [1.807, 2.05) is 41.3 Å². The summed E-state index contributed by atoms with van der Waals surface area (Å²) in [5, 5.41) is 5.58. The van der Waals surface area contributed by atoms with Crippen LogP contribution in [0.2, 0.25) is 0 Å². The number of amides is 3. The fourth-order valence-corrected chi connectivity index (χ4v) is 5.96. The summed E-state index contributed by atoms with van der Waals surface area (Å²) in [4.78, 5) is 44.3. The second kappa shape index (κ2) is 11.1. The van der Waals surface area contributed by atoms with E-state index in [-0.39, 0.29) is 18.5 Å². The van der Waals surface area contributed by atoms with Gasteiger partial charge in [0.25, 0.3) is 0 Å². The standard InChI is InChI=1S/C30H33N5O5/c1-39-24-7-5-23(6-8-24)33-12-14-34(15-13-33)25(26-3-2-16-40-26)19-31-29(37)30(38)32-22-17-20-4-9-27(36)35-11-10-21(18-22)28(20)35/h2-3,5-8,16-18,25H,4,9-15,19H2,1H3,(H,31,37)(H,32,38). The Hall–Kier alpha value is -4.31. The Kier molecular flexibility index (Phi) is 7.17. The largest absolute Gasteiger partial charge is 0.497 e. The number of piperazine rings is 1. The second-order valence-corrected chi connectivity index (χ2v) is 10.4. The molecule has 0 saturated carbocycles. The number of nitrogens with zero attached hydrogens (tertiary/aromatic N) is 3. The van der Waals surface area contributed by atoms with E-state index in [1.54, 1.807) is 13.4 Å². The molecule has 1 fully saturated rings. The molecule has 3 aliphatic heterocycles. The van der Waals surface area contributed by atoms with Gasteiger partial charge in [0, 0.05) is 57.1 Å². The zero-order valence-electron chi connectivity index (χ0n) is 22.5. The maximum atomic E-state index is 12.8. The highest BCUT2D eigenvalue weighted by Gasteiger charge is 2.32. The summed E-state index contributed by atoms with van der Waals surface area (Å²) >= 11 is 0. The Bertz CT molecular complexity index is 1400. The summed E-state index contributed by atoms with van der Waals surface area (Å²) in [6.45, 7) is 4.10. The molecule has 6 rings (SSSR count). The molecular weight excluding hydrogens is 510 g/mol. The lowest BCUT2D eigenvalue weighted by Gasteiger charge is -2.39. The van der Waals surface area contributed by atoms with Crippen LogP contribution in [0.5, 0.6) is 5.75 Å². The molecule has 1 unspecified atom stereocenters. The fraction of sp³-hybridized carbons (Fsp3) is 0.367. The molecule has 2 N–H and O–H groups in total. The van der Waals surface area contributed by atoms with Crippen LogP contribution in [-0.2, 0) is 27.2 Å². The van der Waals surface area contributed by atoms with Crippen molar-refractivity contribution in [3.05, 3.63) is 71.7 Å². The van der Waals surface area contributed by atoms with Gasteiger partial charge in [0.05, 0.1) is 25.1 Å². The molecule has 3 aliphatic rings. The van der Waals surface area contributed by atoms with Crippen molar-refractivity contribution in [3.63, 3.8) is 0 Å². The first-order chi connectivity index (χ1) is 19.5. The van der Waals surface area contributed by atoms with Crippen molar-refractivity contribution in [2.75, 3.05) is 61.5 Å². The van der Waals surface area contributed by atoms with Gasteiger partial charge in [-0.3, -0.25) is 19.3 Å². The van der Waals surface area contributed by atoms with Gasteiger partial charge in [-0.15, -0.1) is 0 Å². The number of hydrogen-bond acceptors (Lipinski definition) is 7. The minimum atomic E-state index is -0.712. The third-order valence-corrected chi connectivity index (χ3v) is 8.04. The van der Waals surface area contributed by atoms with Crippen LogP contribution in [-0.4, -0.2) is 69.0 Å². The summed E-state index contributed by atoms with van der Waals surface area (Å²) in [7, 11) is 1.66. The van der Waals surface area contributed by atoms with Gasteiger partial charge in [-0.25, -0.2) is 0 Å². The van der Waals surface area contributed by atoms with Crippen molar-refractivity contribution in [2.45, 2.75) is 25.3 Å². The zero-order chi connectivity index (χ0) is 27.6. The number of carbonyl (C=O) groups is 3. The molecule has 1 atom stereocenters. The first kappa shape index (κ1) is 25.9. The lowest BCUT2D eigenvalue weighted by Crippen LogP contribution is -2.50. The van der Waals surface area contributed by atoms with E-state index in [1.165, 1.54) is 0 Å². The highest BCUT2D eigenvalue weighted by atomic mass is 16.5. The molecule has 3 aromatic rings. The van der Waals surface area contributed by atoms with Crippen LogP contribution >= 0.6 is 0 Å². The average Bonchev–Trinajstić information content (AvgIpc) is 3.67. The van der Waals surface area contributed by atoms with E-state index in [9.17, 15) is 14.4 Å². The number of ether oxygens (including phenoxy) is 1. The second-order valence-electron chi connectivity index (χ2n) is 10.4. The normalized spacial score (nSPS) is 17.4. The summed E-state index contributed by atoms with van der Waals surface area (Å²) in [6, 6.07) is 15.3. The van der Waals surface area contributed by atoms with Gasteiger partial charge in [-0.2, -0.15) is 0 Å². The Balaban J connectivity index is 1.07. The first-order valence-corrected chi connectivity index (χ1v) is 13.7. The van der Waals surface area contributed by atoms with Crippen molar-refractivity contribution in [2.24, 2.45) is 0 Å². The number of carbonyl (C=O) groups excluding carboxylic acids is 3. The average molecular weight is 544 g/mol. The summed E-state index contributed by atoms with van der Waals surface area (Å²) < 4.78 is 11.0. The van der Waals surface area contributed by atoms with Crippen LogP contribution in [0.25, 0.3) is 0 Å². The van der Waals surface area contributed by atoms with Gasteiger partial charge < -0.3 is 29.6 Å². The van der Waals surface area contributed by atoms with Crippen LogP contribution in [0, 0.1) is 0 Å². The molecule has 0 aliphatic carbocycles. The lowest BCUT2D eigenvalue weighted by atomic mass is 9.98. The van der Waals surface area contributed by atoms with Crippen LogP contribution < -0.4 is 25.2 Å². The highest BCUT2D eigenvalue weighted by molar-refractivity contribution is 6.39. The zero-order valence-corrected chi connectivity index (χ0v) is 22.5. The third-order valence-electron chi connectivity index (χ3n) is 8.04. The molecule has 40 heavy (non-hydrogen) atoms. The van der Waals surface area contributed by atoms with Crippen molar-refractivity contribution in [3.8, 4) is 5.75 Å². The monoisotopic (exact) mass is 543 g/mol. The first-order valence-electron chi connectivity index (χ1n) is 13.7. The number of furan rings is 1. The summed E-state index contributed by atoms with van der Waals surface area (Å²) in [5.41, 5.74) is 4.78. The third kappa shape index (κ3) is 5.14. The smallest absolute Gasteiger partial charge is 0.313 e. The lowest BCUT2D eigenvalue weighted by molar-refractivity contribution is -0.136. The Morgan fingerprint density at radius 2 is 1.70 bits per heavy atom. The predicted molar refractivity (Wildman–Crippen MR) is 151 cm³/mol. The van der Waals surface area contributed by atoms with E-state index in [0.717, 1.165) is 66.6 Å². The maximum absolute atomic E-state index is 12.8.